The molecule has 2 heteroatoms. The molecule has 1 N–H and O–H groups in total. The molecule has 1 aromatic carbocycles. The van der Waals surface area contributed by atoms with Gasteiger partial charge in [0.2, 0.25) is 0 Å². The first-order chi connectivity index (χ1) is 6.79. The minimum absolute atomic E-state index is 0.0207. The highest BCUT2D eigenvalue weighted by molar-refractivity contribution is 5.40. The minimum Gasteiger partial charge on any atom is -0.489 e. The molecule has 0 aliphatic heterocycles. The molecule has 0 fully saturated rings. The summed E-state index contributed by atoms with van der Waals surface area (Å²) in [7, 11) is 0. The summed E-state index contributed by atoms with van der Waals surface area (Å²) in [5.74, 6) is 0.799. The summed E-state index contributed by atoms with van der Waals surface area (Å²) >= 11 is 0. The van der Waals surface area contributed by atoms with Crippen LogP contribution < -0.4 is 4.74 Å². The molecule has 0 heterocycles. The Hall–Kier alpha value is -1.28. The molecule has 0 bridgehead atoms. The summed E-state index contributed by atoms with van der Waals surface area (Å²) in [6.45, 7) is 4.50. The number of hydrogen-bond donors (Lipinski definition) is 1. The first kappa shape index (κ1) is 10.8. The Kier molecular flexibility index (Phi) is 4.20. The summed E-state index contributed by atoms with van der Waals surface area (Å²) in [5.41, 5.74) is 1.90. The predicted molar refractivity (Wildman–Crippen MR) is 57.4 cm³/mol. The van der Waals surface area contributed by atoms with Crippen LogP contribution in [0, 0.1) is 6.92 Å². The van der Waals surface area contributed by atoms with Crippen LogP contribution in [0.1, 0.15) is 18.1 Å². The fourth-order valence-corrected chi connectivity index (χ4v) is 1.27. The summed E-state index contributed by atoms with van der Waals surface area (Å²) in [5, 5.41) is 9.10. The molecule has 0 amide bonds. The first-order valence-electron chi connectivity index (χ1n) is 4.73. The molecule has 1 aromatic rings. The van der Waals surface area contributed by atoms with Gasteiger partial charge in [-0.1, -0.05) is 30.4 Å². The van der Waals surface area contributed by atoms with Crippen molar-refractivity contribution in [3.8, 4) is 5.75 Å². The van der Waals surface area contributed by atoms with Crippen molar-refractivity contribution in [3.05, 3.63) is 41.5 Å². The highest BCUT2D eigenvalue weighted by atomic mass is 16.5. The molecule has 0 unspecified atom stereocenters. The van der Waals surface area contributed by atoms with E-state index in [0.717, 1.165) is 16.9 Å². The standard InChI is InChI=1S/C12H16O2/c1-3-4-8-14-12-10(2)6-5-7-11(12)9-13/h3-7,13H,8-9H2,1-2H3/b4-3+. The molecule has 0 saturated carbocycles. The van der Waals surface area contributed by atoms with Crippen LogP contribution in [-0.4, -0.2) is 11.7 Å². The third kappa shape index (κ3) is 2.60. The van der Waals surface area contributed by atoms with Gasteiger partial charge in [-0.05, 0) is 19.4 Å². The highest BCUT2D eigenvalue weighted by Crippen LogP contribution is 2.23. The van der Waals surface area contributed by atoms with Gasteiger partial charge in [0.25, 0.3) is 0 Å². The second-order valence-corrected chi connectivity index (χ2v) is 3.10. The Balaban J connectivity index is 2.82. The van der Waals surface area contributed by atoms with Gasteiger partial charge in [-0.2, -0.15) is 0 Å². The third-order valence-electron chi connectivity index (χ3n) is 2.02. The zero-order valence-corrected chi connectivity index (χ0v) is 8.66. The van der Waals surface area contributed by atoms with Gasteiger partial charge < -0.3 is 9.84 Å². The van der Waals surface area contributed by atoms with E-state index in [4.69, 9.17) is 9.84 Å². The van der Waals surface area contributed by atoms with Crippen LogP contribution in [0.2, 0.25) is 0 Å². The van der Waals surface area contributed by atoms with Crippen LogP contribution in [0.3, 0.4) is 0 Å². The summed E-state index contributed by atoms with van der Waals surface area (Å²) in [6.07, 6.45) is 3.88. The zero-order chi connectivity index (χ0) is 10.4. The minimum atomic E-state index is 0.0207. The number of benzene rings is 1. The van der Waals surface area contributed by atoms with Crippen LogP contribution in [0.25, 0.3) is 0 Å². The molecule has 0 radical (unpaired) electrons. The largest absolute Gasteiger partial charge is 0.489 e. The number of allylic oxidation sites excluding steroid dienone is 1. The van der Waals surface area contributed by atoms with Gasteiger partial charge in [0.05, 0.1) is 6.61 Å². The van der Waals surface area contributed by atoms with Gasteiger partial charge in [-0.3, -0.25) is 0 Å². The average molecular weight is 192 g/mol. The number of rotatable bonds is 4. The van der Waals surface area contributed by atoms with Crippen molar-refractivity contribution in [2.45, 2.75) is 20.5 Å². The predicted octanol–water partition coefficient (Wildman–Crippen LogP) is 2.44. The quantitative estimate of drug-likeness (QED) is 0.742. The van der Waals surface area contributed by atoms with Crippen LogP contribution in [0.4, 0.5) is 0 Å². The van der Waals surface area contributed by atoms with Crippen molar-refractivity contribution in [1.29, 1.82) is 0 Å². The number of hydrogen-bond acceptors (Lipinski definition) is 2. The maximum absolute atomic E-state index is 9.10. The molecule has 0 aliphatic carbocycles. The molecule has 76 valence electrons. The molecular formula is C12H16O2. The SMILES string of the molecule is C/C=C/COc1c(C)cccc1CO. The maximum atomic E-state index is 9.10. The topological polar surface area (TPSA) is 29.5 Å². The average Bonchev–Trinajstić information content (AvgIpc) is 2.20. The zero-order valence-electron chi connectivity index (χ0n) is 8.66. The van der Waals surface area contributed by atoms with Crippen molar-refractivity contribution >= 4 is 0 Å². The molecule has 0 aliphatic rings. The van der Waals surface area contributed by atoms with E-state index in [1.807, 2.05) is 44.2 Å². The van der Waals surface area contributed by atoms with Crippen molar-refractivity contribution in [1.82, 2.24) is 0 Å². The van der Waals surface area contributed by atoms with Crippen molar-refractivity contribution < 1.29 is 9.84 Å². The number of aliphatic hydroxyl groups excluding tert-OH is 1. The van der Waals surface area contributed by atoms with Crippen molar-refractivity contribution in [3.63, 3.8) is 0 Å². The summed E-state index contributed by atoms with van der Waals surface area (Å²) in [4.78, 5) is 0. The monoisotopic (exact) mass is 192 g/mol. The van der Waals surface area contributed by atoms with Gasteiger partial charge in [0.15, 0.2) is 0 Å². The lowest BCUT2D eigenvalue weighted by Crippen LogP contribution is -1.99. The Morgan fingerprint density at radius 2 is 2.21 bits per heavy atom. The Morgan fingerprint density at radius 3 is 2.86 bits per heavy atom. The number of para-hydroxylation sites is 1. The molecule has 0 atom stereocenters. The van der Waals surface area contributed by atoms with E-state index in [1.165, 1.54) is 0 Å². The third-order valence-corrected chi connectivity index (χ3v) is 2.02. The van der Waals surface area contributed by atoms with Crippen LogP contribution in [-0.2, 0) is 6.61 Å². The summed E-state index contributed by atoms with van der Waals surface area (Å²) < 4.78 is 5.55. The number of ether oxygens (including phenoxy) is 1. The molecule has 14 heavy (non-hydrogen) atoms. The van der Waals surface area contributed by atoms with Gasteiger partial charge in [-0.15, -0.1) is 0 Å². The molecule has 2 nitrogen and oxygen atoms in total. The van der Waals surface area contributed by atoms with Crippen LogP contribution in [0.15, 0.2) is 30.4 Å². The molecule has 0 spiro atoms. The van der Waals surface area contributed by atoms with E-state index in [0.29, 0.717) is 6.61 Å². The Morgan fingerprint density at radius 1 is 1.43 bits per heavy atom. The molecule has 1 rings (SSSR count). The molecule has 0 saturated heterocycles. The van der Waals surface area contributed by atoms with Crippen LogP contribution >= 0.6 is 0 Å². The van der Waals surface area contributed by atoms with E-state index in [-0.39, 0.29) is 6.61 Å². The highest BCUT2D eigenvalue weighted by Gasteiger charge is 2.04. The number of aliphatic hydroxyl groups is 1. The van der Waals surface area contributed by atoms with Gasteiger partial charge >= 0.3 is 0 Å². The van der Waals surface area contributed by atoms with Crippen molar-refractivity contribution in [2.24, 2.45) is 0 Å². The van der Waals surface area contributed by atoms with E-state index >= 15 is 0 Å². The van der Waals surface area contributed by atoms with Crippen LogP contribution in [0.5, 0.6) is 5.75 Å². The van der Waals surface area contributed by atoms with Gasteiger partial charge in [-0.25, -0.2) is 0 Å². The smallest absolute Gasteiger partial charge is 0.128 e. The first-order valence-corrected chi connectivity index (χ1v) is 4.73. The summed E-state index contributed by atoms with van der Waals surface area (Å²) in [6, 6.07) is 5.77. The van der Waals surface area contributed by atoms with Gasteiger partial charge in [0, 0.05) is 5.56 Å². The Bertz CT molecular complexity index is 316. The van der Waals surface area contributed by atoms with Crippen molar-refractivity contribution in [2.75, 3.05) is 6.61 Å². The van der Waals surface area contributed by atoms with E-state index < -0.39 is 0 Å². The van der Waals surface area contributed by atoms with Gasteiger partial charge in [0.1, 0.15) is 12.4 Å². The fourth-order valence-electron chi connectivity index (χ4n) is 1.27. The lowest BCUT2D eigenvalue weighted by molar-refractivity contribution is 0.269. The van der Waals surface area contributed by atoms with E-state index in [9.17, 15) is 0 Å². The normalized spacial score (nSPS) is 10.8. The maximum Gasteiger partial charge on any atom is 0.128 e. The second-order valence-electron chi connectivity index (χ2n) is 3.10. The lowest BCUT2D eigenvalue weighted by atomic mass is 10.1. The molecule has 0 aromatic heterocycles. The molecular weight excluding hydrogens is 176 g/mol. The number of aryl methyl sites for hydroxylation is 1. The fraction of sp³-hybridized carbons (Fsp3) is 0.333. The Labute approximate surface area is 84.8 Å². The second kappa shape index (κ2) is 5.45. The lowest BCUT2D eigenvalue weighted by Gasteiger charge is -2.10. The van der Waals surface area contributed by atoms with E-state index in [2.05, 4.69) is 0 Å². The van der Waals surface area contributed by atoms with E-state index in [1.54, 1.807) is 0 Å².